The fourth-order valence-electron chi connectivity index (χ4n) is 2.67. The first-order valence-electron chi connectivity index (χ1n) is 5.61. The van der Waals surface area contributed by atoms with Gasteiger partial charge in [0.05, 0.1) is 0 Å². The topological polar surface area (TPSA) is 12.0 Å². The SMILES string of the molecule is CC1(CC2CCSC2)CCCCN1. The van der Waals surface area contributed by atoms with Gasteiger partial charge in [0.25, 0.3) is 0 Å². The maximum absolute atomic E-state index is 3.71. The van der Waals surface area contributed by atoms with Gasteiger partial charge in [-0.3, -0.25) is 0 Å². The molecule has 0 aliphatic carbocycles. The lowest BCUT2D eigenvalue weighted by Crippen LogP contribution is -2.47. The van der Waals surface area contributed by atoms with Crippen LogP contribution >= 0.6 is 11.8 Å². The highest BCUT2D eigenvalue weighted by atomic mass is 32.2. The summed E-state index contributed by atoms with van der Waals surface area (Å²) >= 11 is 2.14. The number of piperidine rings is 1. The number of hydrogen-bond donors (Lipinski definition) is 1. The van der Waals surface area contributed by atoms with E-state index >= 15 is 0 Å². The molecule has 2 fully saturated rings. The molecule has 0 aromatic carbocycles. The van der Waals surface area contributed by atoms with Crippen LogP contribution in [0, 0.1) is 5.92 Å². The Morgan fingerprint density at radius 2 is 2.38 bits per heavy atom. The summed E-state index contributed by atoms with van der Waals surface area (Å²) in [5.74, 6) is 3.82. The van der Waals surface area contributed by atoms with Gasteiger partial charge in [0.1, 0.15) is 0 Å². The molecule has 2 aliphatic rings. The third-order valence-corrected chi connectivity index (χ3v) is 4.70. The lowest BCUT2D eigenvalue weighted by atomic mass is 9.82. The van der Waals surface area contributed by atoms with E-state index in [1.807, 2.05) is 0 Å². The molecule has 2 aliphatic heterocycles. The molecule has 2 heterocycles. The Labute approximate surface area is 86.0 Å². The van der Waals surface area contributed by atoms with E-state index in [0.29, 0.717) is 5.54 Å². The van der Waals surface area contributed by atoms with Crippen molar-refractivity contribution in [2.45, 2.75) is 44.6 Å². The predicted octanol–water partition coefficient (Wildman–Crippen LogP) is 2.66. The molecule has 2 saturated heterocycles. The summed E-state index contributed by atoms with van der Waals surface area (Å²) in [4.78, 5) is 0. The molecule has 0 aromatic rings. The Balaban J connectivity index is 1.83. The smallest absolute Gasteiger partial charge is 0.0156 e. The Morgan fingerprint density at radius 3 is 3.00 bits per heavy atom. The van der Waals surface area contributed by atoms with Crippen LogP contribution < -0.4 is 5.32 Å². The van der Waals surface area contributed by atoms with Crippen molar-refractivity contribution in [3.8, 4) is 0 Å². The molecular formula is C11H21NS. The van der Waals surface area contributed by atoms with Crippen LogP contribution in [0.15, 0.2) is 0 Å². The van der Waals surface area contributed by atoms with E-state index in [9.17, 15) is 0 Å². The van der Waals surface area contributed by atoms with Crippen LogP contribution in [0.1, 0.15) is 39.0 Å². The van der Waals surface area contributed by atoms with Gasteiger partial charge in [0.15, 0.2) is 0 Å². The van der Waals surface area contributed by atoms with Gasteiger partial charge < -0.3 is 5.32 Å². The molecule has 0 spiro atoms. The normalized spacial score (nSPS) is 40.8. The zero-order chi connectivity index (χ0) is 9.15. The molecule has 0 bridgehead atoms. The Bertz CT molecular complexity index is 157. The Hall–Kier alpha value is 0.310. The zero-order valence-electron chi connectivity index (χ0n) is 8.64. The second-order valence-corrected chi connectivity index (χ2v) is 6.03. The molecule has 2 unspecified atom stereocenters. The van der Waals surface area contributed by atoms with Gasteiger partial charge in [-0.1, -0.05) is 6.42 Å². The van der Waals surface area contributed by atoms with Crippen LogP contribution in [0.25, 0.3) is 0 Å². The van der Waals surface area contributed by atoms with Crippen LogP contribution in [0.4, 0.5) is 0 Å². The molecular weight excluding hydrogens is 178 g/mol. The summed E-state index contributed by atoms with van der Waals surface area (Å²) in [6.45, 7) is 3.67. The minimum Gasteiger partial charge on any atom is -0.312 e. The summed E-state index contributed by atoms with van der Waals surface area (Å²) in [6.07, 6.45) is 7.09. The summed E-state index contributed by atoms with van der Waals surface area (Å²) in [6, 6.07) is 0. The first kappa shape index (κ1) is 9.85. The quantitative estimate of drug-likeness (QED) is 0.734. The van der Waals surface area contributed by atoms with Crippen LogP contribution in [0.3, 0.4) is 0 Å². The molecule has 76 valence electrons. The minimum atomic E-state index is 0.480. The van der Waals surface area contributed by atoms with E-state index in [1.165, 1.54) is 50.2 Å². The van der Waals surface area contributed by atoms with Crippen molar-refractivity contribution in [3.63, 3.8) is 0 Å². The summed E-state index contributed by atoms with van der Waals surface area (Å²) in [5, 5.41) is 3.71. The van der Waals surface area contributed by atoms with Crippen molar-refractivity contribution in [3.05, 3.63) is 0 Å². The molecule has 0 radical (unpaired) electrons. The molecule has 0 saturated carbocycles. The van der Waals surface area contributed by atoms with Gasteiger partial charge in [-0.05, 0) is 56.6 Å². The summed E-state index contributed by atoms with van der Waals surface area (Å²) in [7, 11) is 0. The monoisotopic (exact) mass is 199 g/mol. The fraction of sp³-hybridized carbons (Fsp3) is 1.00. The van der Waals surface area contributed by atoms with Crippen molar-refractivity contribution < 1.29 is 0 Å². The number of nitrogens with one attached hydrogen (secondary N) is 1. The van der Waals surface area contributed by atoms with Crippen LogP contribution in [-0.2, 0) is 0 Å². The van der Waals surface area contributed by atoms with Crippen molar-refractivity contribution in [1.29, 1.82) is 0 Å². The van der Waals surface area contributed by atoms with E-state index in [4.69, 9.17) is 0 Å². The lowest BCUT2D eigenvalue weighted by Gasteiger charge is -2.37. The van der Waals surface area contributed by atoms with Crippen molar-refractivity contribution >= 4 is 11.8 Å². The predicted molar refractivity (Wildman–Crippen MR) is 60.3 cm³/mol. The van der Waals surface area contributed by atoms with Gasteiger partial charge in [0, 0.05) is 5.54 Å². The summed E-state index contributed by atoms with van der Waals surface area (Å²) in [5.41, 5.74) is 0.480. The van der Waals surface area contributed by atoms with Gasteiger partial charge in [-0.15, -0.1) is 0 Å². The third-order valence-electron chi connectivity index (χ3n) is 3.47. The Kier molecular flexibility index (Phi) is 3.20. The molecule has 2 rings (SSSR count). The van der Waals surface area contributed by atoms with Crippen molar-refractivity contribution in [2.75, 3.05) is 18.1 Å². The minimum absolute atomic E-state index is 0.480. The molecule has 2 atom stereocenters. The van der Waals surface area contributed by atoms with E-state index in [2.05, 4.69) is 24.0 Å². The Morgan fingerprint density at radius 1 is 1.46 bits per heavy atom. The maximum Gasteiger partial charge on any atom is 0.0156 e. The van der Waals surface area contributed by atoms with E-state index in [0.717, 1.165) is 5.92 Å². The van der Waals surface area contributed by atoms with Gasteiger partial charge >= 0.3 is 0 Å². The molecule has 0 amide bonds. The first-order valence-corrected chi connectivity index (χ1v) is 6.77. The van der Waals surface area contributed by atoms with Crippen LogP contribution in [0.5, 0.6) is 0 Å². The molecule has 0 aromatic heterocycles. The van der Waals surface area contributed by atoms with Gasteiger partial charge in [-0.2, -0.15) is 11.8 Å². The molecule has 1 nitrogen and oxygen atoms in total. The second-order valence-electron chi connectivity index (χ2n) is 4.88. The highest BCUT2D eigenvalue weighted by molar-refractivity contribution is 7.99. The average Bonchev–Trinajstić information content (AvgIpc) is 2.57. The van der Waals surface area contributed by atoms with Crippen LogP contribution in [0.2, 0.25) is 0 Å². The fourth-order valence-corrected chi connectivity index (χ4v) is 3.96. The standard InChI is InChI=1S/C11H21NS/c1-11(5-2-3-6-12-11)8-10-4-7-13-9-10/h10,12H,2-9H2,1H3. The zero-order valence-corrected chi connectivity index (χ0v) is 9.46. The lowest BCUT2D eigenvalue weighted by molar-refractivity contribution is 0.230. The van der Waals surface area contributed by atoms with Gasteiger partial charge in [0.2, 0.25) is 0 Å². The largest absolute Gasteiger partial charge is 0.312 e. The molecule has 2 heteroatoms. The number of rotatable bonds is 2. The third kappa shape index (κ3) is 2.63. The van der Waals surface area contributed by atoms with Crippen molar-refractivity contribution in [1.82, 2.24) is 5.32 Å². The van der Waals surface area contributed by atoms with Gasteiger partial charge in [-0.25, -0.2) is 0 Å². The second kappa shape index (κ2) is 4.22. The van der Waals surface area contributed by atoms with Crippen molar-refractivity contribution in [2.24, 2.45) is 5.92 Å². The highest BCUT2D eigenvalue weighted by Gasteiger charge is 2.30. The average molecular weight is 199 g/mol. The molecule has 1 N–H and O–H groups in total. The van der Waals surface area contributed by atoms with E-state index < -0.39 is 0 Å². The summed E-state index contributed by atoms with van der Waals surface area (Å²) < 4.78 is 0. The number of hydrogen-bond acceptors (Lipinski definition) is 2. The highest BCUT2D eigenvalue weighted by Crippen LogP contribution is 2.33. The van der Waals surface area contributed by atoms with E-state index in [-0.39, 0.29) is 0 Å². The number of thioether (sulfide) groups is 1. The van der Waals surface area contributed by atoms with E-state index in [1.54, 1.807) is 0 Å². The first-order chi connectivity index (χ1) is 6.29. The maximum atomic E-state index is 3.71. The molecule has 13 heavy (non-hydrogen) atoms. The van der Waals surface area contributed by atoms with Crippen LogP contribution in [-0.4, -0.2) is 23.6 Å².